The highest BCUT2D eigenvalue weighted by Gasteiger charge is 2.27. The standard InChI is InChI=1S/C19H31N3O3S/c20-13-7-2-1-4-12-19(23)21-16-17-10-5-6-11-18(17)26(24,25)22-14-8-3-9-15-22/h5-6,10-11H,1-4,7-9,12-16,20H2,(H,21,23). The van der Waals surface area contributed by atoms with Gasteiger partial charge in [0.1, 0.15) is 0 Å². The zero-order valence-corrected chi connectivity index (χ0v) is 16.3. The van der Waals surface area contributed by atoms with Crippen LogP contribution in [0.3, 0.4) is 0 Å². The van der Waals surface area contributed by atoms with Crippen molar-refractivity contribution in [2.24, 2.45) is 5.73 Å². The molecule has 0 spiro atoms. The van der Waals surface area contributed by atoms with Crippen LogP contribution in [0.25, 0.3) is 0 Å². The van der Waals surface area contributed by atoms with Crippen molar-refractivity contribution in [3.63, 3.8) is 0 Å². The second-order valence-electron chi connectivity index (χ2n) is 6.80. The molecule has 1 aliphatic rings. The molecule has 0 aromatic heterocycles. The SMILES string of the molecule is NCCCCCCC(=O)NCc1ccccc1S(=O)(=O)N1CCCCC1. The molecule has 0 atom stereocenters. The Hall–Kier alpha value is -1.44. The van der Waals surface area contributed by atoms with E-state index in [0.29, 0.717) is 36.5 Å². The lowest BCUT2D eigenvalue weighted by Crippen LogP contribution is -2.36. The van der Waals surface area contributed by atoms with Crippen LogP contribution in [0.2, 0.25) is 0 Å². The number of carbonyl (C=O) groups is 1. The maximum atomic E-state index is 12.9. The number of carbonyl (C=O) groups excluding carboxylic acids is 1. The number of unbranched alkanes of at least 4 members (excludes halogenated alkanes) is 3. The van der Waals surface area contributed by atoms with E-state index in [-0.39, 0.29) is 12.5 Å². The lowest BCUT2D eigenvalue weighted by atomic mass is 10.1. The predicted molar refractivity (Wildman–Crippen MR) is 103 cm³/mol. The minimum absolute atomic E-state index is 0.0390. The van der Waals surface area contributed by atoms with Crippen molar-refractivity contribution >= 4 is 15.9 Å². The molecular formula is C19H31N3O3S. The van der Waals surface area contributed by atoms with Gasteiger partial charge in [-0.05, 0) is 43.9 Å². The molecule has 0 unspecified atom stereocenters. The third-order valence-electron chi connectivity index (χ3n) is 4.74. The Morgan fingerprint density at radius 2 is 1.73 bits per heavy atom. The molecule has 1 saturated heterocycles. The summed E-state index contributed by atoms with van der Waals surface area (Å²) in [6, 6.07) is 6.96. The van der Waals surface area contributed by atoms with Gasteiger partial charge in [0.2, 0.25) is 15.9 Å². The average molecular weight is 382 g/mol. The van der Waals surface area contributed by atoms with Crippen LogP contribution < -0.4 is 11.1 Å². The van der Waals surface area contributed by atoms with E-state index < -0.39 is 10.0 Å². The van der Waals surface area contributed by atoms with Gasteiger partial charge in [0.25, 0.3) is 0 Å². The van der Waals surface area contributed by atoms with Crippen molar-refractivity contribution in [3.8, 4) is 0 Å². The summed E-state index contributed by atoms with van der Waals surface area (Å²) in [5, 5.41) is 2.86. The molecule has 0 bridgehead atoms. The first-order valence-corrected chi connectivity index (χ1v) is 11.0. The van der Waals surface area contributed by atoms with Crippen molar-refractivity contribution in [2.75, 3.05) is 19.6 Å². The van der Waals surface area contributed by atoms with Gasteiger partial charge in [0, 0.05) is 26.1 Å². The highest BCUT2D eigenvalue weighted by Crippen LogP contribution is 2.23. The second kappa shape index (κ2) is 10.6. The van der Waals surface area contributed by atoms with Crippen molar-refractivity contribution in [1.29, 1.82) is 0 Å². The van der Waals surface area contributed by atoms with Crippen molar-refractivity contribution in [3.05, 3.63) is 29.8 Å². The summed E-state index contributed by atoms with van der Waals surface area (Å²) >= 11 is 0. The van der Waals surface area contributed by atoms with Crippen LogP contribution in [0.4, 0.5) is 0 Å². The Labute approximate surface area is 157 Å². The monoisotopic (exact) mass is 381 g/mol. The fourth-order valence-electron chi connectivity index (χ4n) is 3.21. The molecule has 0 radical (unpaired) electrons. The van der Waals surface area contributed by atoms with Gasteiger partial charge in [-0.2, -0.15) is 4.31 Å². The highest BCUT2D eigenvalue weighted by atomic mass is 32.2. The van der Waals surface area contributed by atoms with Crippen LogP contribution in [0.5, 0.6) is 0 Å². The maximum Gasteiger partial charge on any atom is 0.243 e. The fraction of sp³-hybridized carbons (Fsp3) is 0.632. The number of hydrogen-bond acceptors (Lipinski definition) is 4. The first-order chi connectivity index (χ1) is 12.6. The molecule has 1 aliphatic heterocycles. The number of amides is 1. The third kappa shape index (κ3) is 6.07. The van der Waals surface area contributed by atoms with Gasteiger partial charge in [-0.3, -0.25) is 4.79 Å². The molecule has 7 heteroatoms. The molecule has 0 aliphatic carbocycles. The van der Waals surface area contributed by atoms with Crippen LogP contribution in [0, 0.1) is 0 Å². The van der Waals surface area contributed by atoms with Crippen molar-refractivity contribution < 1.29 is 13.2 Å². The van der Waals surface area contributed by atoms with Gasteiger partial charge in [-0.25, -0.2) is 8.42 Å². The van der Waals surface area contributed by atoms with Gasteiger partial charge in [-0.1, -0.05) is 37.5 Å². The Bertz CT molecular complexity index is 670. The molecule has 1 heterocycles. The van der Waals surface area contributed by atoms with Crippen LogP contribution in [0.15, 0.2) is 29.2 Å². The Morgan fingerprint density at radius 3 is 2.46 bits per heavy atom. The summed E-state index contributed by atoms with van der Waals surface area (Å²) in [6.07, 6.45) is 7.21. The summed E-state index contributed by atoms with van der Waals surface area (Å²) < 4.78 is 27.4. The topological polar surface area (TPSA) is 92.5 Å². The van der Waals surface area contributed by atoms with Gasteiger partial charge in [-0.15, -0.1) is 0 Å². The molecule has 1 aromatic carbocycles. The summed E-state index contributed by atoms with van der Waals surface area (Å²) in [5.41, 5.74) is 6.10. The Morgan fingerprint density at radius 1 is 1.04 bits per heavy atom. The summed E-state index contributed by atoms with van der Waals surface area (Å²) in [5.74, 6) is -0.0390. The first kappa shape index (κ1) is 20.9. The smallest absolute Gasteiger partial charge is 0.243 e. The number of sulfonamides is 1. The Balaban J connectivity index is 1.93. The average Bonchev–Trinajstić information content (AvgIpc) is 2.67. The number of benzene rings is 1. The van der Waals surface area contributed by atoms with E-state index in [1.165, 1.54) is 0 Å². The lowest BCUT2D eigenvalue weighted by molar-refractivity contribution is -0.121. The number of rotatable bonds is 10. The van der Waals surface area contributed by atoms with Gasteiger partial charge in [0.15, 0.2) is 0 Å². The molecule has 1 fully saturated rings. The van der Waals surface area contributed by atoms with Crippen LogP contribution >= 0.6 is 0 Å². The number of piperidine rings is 1. The van der Waals surface area contributed by atoms with Crippen LogP contribution in [0.1, 0.15) is 56.9 Å². The van der Waals surface area contributed by atoms with E-state index in [9.17, 15) is 13.2 Å². The summed E-state index contributed by atoms with van der Waals surface area (Å²) in [7, 11) is -3.50. The minimum atomic E-state index is -3.50. The van der Waals surface area contributed by atoms with Crippen molar-refractivity contribution in [2.45, 2.75) is 62.8 Å². The molecule has 2 rings (SSSR count). The lowest BCUT2D eigenvalue weighted by Gasteiger charge is -2.26. The van der Waals surface area contributed by atoms with E-state index in [1.54, 1.807) is 22.5 Å². The van der Waals surface area contributed by atoms with Crippen LogP contribution in [-0.4, -0.2) is 38.3 Å². The normalized spacial score (nSPS) is 15.7. The number of hydrogen-bond donors (Lipinski definition) is 2. The maximum absolute atomic E-state index is 12.9. The molecule has 1 amide bonds. The van der Waals surface area contributed by atoms with Gasteiger partial charge >= 0.3 is 0 Å². The van der Waals surface area contributed by atoms with E-state index in [1.807, 2.05) is 6.07 Å². The quantitative estimate of drug-likeness (QED) is 0.609. The molecule has 6 nitrogen and oxygen atoms in total. The third-order valence-corrected chi connectivity index (χ3v) is 6.74. The second-order valence-corrected chi connectivity index (χ2v) is 8.71. The fourth-order valence-corrected chi connectivity index (χ4v) is 4.95. The van der Waals surface area contributed by atoms with Gasteiger partial charge in [0.05, 0.1) is 4.90 Å². The Kier molecular flexibility index (Phi) is 8.54. The number of nitrogens with one attached hydrogen (secondary N) is 1. The zero-order chi connectivity index (χ0) is 18.8. The highest BCUT2D eigenvalue weighted by molar-refractivity contribution is 7.89. The molecule has 26 heavy (non-hydrogen) atoms. The van der Waals surface area contributed by atoms with Crippen molar-refractivity contribution in [1.82, 2.24) is 9.62 Å². The zero-order valence-electron chi connectivity index (χ0n) is 15.5. The molecule has 0 saturated carbocycles. The predicted octanol–water partition coefficient (Wildman–Crippen LogP) is 2.39. The van der Waals surface area contributed by atoms with Gasteiger partial charge < -0.3 is 11.1 Å². The van der Waals surface area contributed by atoms with E-state index in [0.717, 1.165) is 44.9 Å². The van der Waals surface area contributed by atoms with E-state index >= 15 is 0 Å². The molecule has 3 N–H and O–H groups in total. The number of nitrogens with zero attached hydrogens (tertiary/aromatic N) is 1. The molecule has 146 valence electrons. The first-order valence-electron chi connectivity index (χ1n) is 9.60. The minimum Gasteiger partial charge on any atom is -0.352 e. The number of nitrogens with two attached hydrogens (primary N) is 1. The van der Waals surface area contributed by atoms with E-state index in [4.69, 9.17) is 5.73 Å². The summed E-state index contributed by atoms with van der Waals surface area (Å²) in [6.45, 7) is 2.08. The molecular weight excluding hydrogens is 350 g/mol. The van der Waals surface area contributed by atoms with E-state index in [2.05, 4.69) is 5.32 Å². The largest absolute Gasteiger partial charge is 0.352 e. The van der Waals surface area contributed by atoms with Crippen LogP contribution in [-0.2, 0) is 21.4 Å². The summed E-state index contributed by atoms with van der Waals surface area (Å²) in [4.78, 5) is 12.3. The molecule has 1 aromatic rings.